The topological polar surface area (TPSA) is 9.23 Å². The molecule has 0 unspecified atom stereocenters. The van der Waals surface area contributed by atoms with E-state index in [1.54, 1.807) is 0 Å². The van der Waals surface area contributed by atoms with E-state index in [0.29, 0.717) is 0 Å². The monoisotopic (exact) mass is 256 g/mol. The minimum absolute atomic E-state index is 0.0837. The van der Waals surface area contributed by atoms with E-state index in [4.69, 9.17) is 62.7 Å². The van der Waals surface area contributed by atoms with Gasteiger partial charge >= 0.3 is 0 Å². The summed E-state index contributed by atoms with van der Waals surface area (Å²) >= 11 is 26.9. The van der Waals surface area contributed by atoms with Gasteiger partial charge in [-0.25, -0.2) is 0 Å². The highest BCUT2D eigenvalue weighted by atomic mass is 35.5. The predicted octanol–water partition coefficient (Wildman–Crippen LogP) is 3.69. The molecule has 0 amide bonds. The van der Waals surface area contributed by atoms with Crippen LogP contribution < -0.4 is 0 Å². The fraction of sp³-hybridized carbons (Fsp3) is 0.600. The van der Waals surface area contributed by atoms with E-state index in [2.05, 4.69) is 0 Å². The lowest BCUT2D eigenvalue weighted by atomic mass is 10.5. The van der Waals surface area contributed by atoms with Crippen molar-refractivity contribution in [2.45, 2.75) is 6.10 Å². The molecule has 0 spiro atoms. The maximum absolute atomic E-state index is 5.44. The van der Waals surface area contributed by atoms with Gasteiger partial charge < -0.3 is 4.74 Å². The van der Waals surface area contributed by atoms with Crippen molar-refractivity contribution < 1.29 is 4.74 Å². The van der Waals surface area contributed by atoms with Gasteiger partial charge in [-0.2, -0.15) is 0 Å². The van der Waals surface area contributed by atoms with Gasteiger partial charge in [0.25, 0.3) is 0 Å². The van der Waals surface area contributed by atoms with E-state index >= 15 is 0 Å². The summed E-state index contributed by atoms with van der Waals surface area (Å²) in [6.07, 6.45) is -0.363. The number of ether oxygens (including phenoxy) is 1. The molecule has 11 heavy (non-hydrogen) atoms. The van der Waals surface area contributed by atoms with Crippen LogP contribution in [0.3, 0.4) is 0 Å². The maximum Gasteiger partial charge on any atom is 0.218 e. The molecule has 0 saturated carbocycles. The highest BCUT2D eigenvalue weighted by Crippen LogP contribution is 2.20. The van der Waals surface area contributed by atoms with Gasteiger partial charge in [-0.1, -0.05) is 23.2 Å². The Balaban J connectivity index is 3.91. The van der Waals surface area contributed by atoms with Gasteiger partial charge in [-0.15, -0.1) is 23.2 Å². The largest absolute Gasteiger partial charge is 0.475 e. The number of alkyl halides is 2. The van der Waals surface area contributed by atoms with Crippen molar-refractivity contribution in [1.82, 2.24) is 0 Å². The zero-order chi connectivity index (χ0) is 8.85. The minimum Gasteiger partial charge on any atom is -0.475 e. The summed E-state index contributed by atoms with van der Waals surface area (Å²) in [6.45, 7) is 0. The summed E-state index contributed by atoms with van der Waals surface area (Å²) in [7, 11) is 0. The Morgan fingerprint density at radius 1 is 1.09 bits per heavy atom. The molecule has 0 aliphatic carbocycles. The average molecular weight is 258 g/mol. The molecule has 0 aliphatic rings. The number of hydrogen-bond donors (Lipinski definition) is 0. The van der Waals surface area contributed by atoms with Crippen LogP contribution in [-0.2, 0) is 4.74 Å². The molecule has 0 bridgehead atoms. The van der Waals surface area contributed by atoms with E-state index in [1.807, 2.05) is 0 Å². The second kappa shape index (κ2) is 6.50. The van der Waals surface area contributed by atoms with Crippen LogP contribution in [0.5, 0.6) is 0 Å². The molecule has 0 aliphatic heterocycles. The normalized spacial score (nSPS) is 10.0. The average Bonchev–Trinajstić information content (AvgIpc) is 1.99. The Bertz CT molecular complexity index is 138. The van der Waals surface area contributed by atoms with Crippen molar-refractivity contribution in [3.63, 3.8) is 0 Å². The quantitative estimate of drug-likeness (QED) is 0.552. The number of hydrogen-bond acceptors (Lipinski definition) is 1. The summed E-state index contributed by atoms with van der Waals surface area (Å²) < 4.78 is 4.79. The Labute approximate surface area is 90.1 Å². The molecule has 0 heterocycles. The lowest BCUT2D eigenvalue weighted by Crippen LogP contribution is -2.14. The van der Waals surface area contributed by atoms with Crippen LogP contribution in [0, 0.1) is 0 Å². The molecule has 0 rings (SSSR count). The van der Waals surface area contributed by atoms with Gasteiger partial charge in [0.2, 0.25) is 5.22 Å². The van der Waals surface area contributed by atoms with E-state index in [-0.39, 0.29) is 27.6 Å². The highest BCUT2D eigenvalue weighted by Gasteiger charge is 2.09. The Kier molecular flexibility index (Phi) is 7.08. The zero-order valence-electron chi connectivity index (χ0n) is 5.29. The molecule has 0 aromatic rings. The van der Waals surface area contributed by atoms with Crippen LogP contribution in [0.2, 0.25) is 0 Å². The lowest BCUT2D eigenvalue weighted by molar-refractivity contribution is 0.173. The van der Waals surface area contributed by atoms with Gasteiger partial charge in [0.15, 0.2) is 4.49 Å². The van der Waals surface area contributed by atoms with E-state index in [0.717, 1.165) is 0 Å². The summed E-state index contributed by atoms with van der Waals surface area (Å²) in [5.74, 6) is 0.474. The summed E-state index contributed by atoms with van der Waals surface area (Å²) in [6, 6.07) is 0. The minimum atomic E-state index is -0.363. The molecule has 0 aromatic carbocycles. The molecular formula is C5H5Cl5O. The summed E-state index contributed by atoms with van der Waals surface area (Å²) in [4.78, 5) is 0. The third-order valence-corrected chi connectivity index (χ3v) is 2.27. The fourth-order valence-electron chi connectivity index (χ4n) is 0.295. The molecule has 0 fully saturated rings. The van der Waals surface area contributed by atoms with Crippen LogP contribution in [0.4, 0.5) is 0 Å². The Morgan fingerprint density at radius 2 is 1.55 bits per heavy atom. The first kappa shape index (κ1) is 12.0. The van der Waals surface area contributed by atoms with Crippen molar-refractivity contribution in [2.24, 2.45) is 0 Å². The highest BCUT2D eigenvalue weighted by molar-refractivity contribution is 6.59. The van der Waals surface area contributed by atoms with Gasteiger partial charge in [0.05, 0.1) is 11.8 Å². The fourth-order valence-corrected chi connectivity index (χ4v) is 0.966. The van der Waals surface area contributed by atoms with Crippen molar-refractivity contribution in [1.29, 1.82) is 0 Å². The zero-order valence-corrected chi connectivity index (χ0v) is 9.07. The molecule has 0 aromatic heterocycles. The Morgan fingerprint density at radius 3 is 1.82 bits per heavy atom. The van der Waals surface area contributed by atoms with Crippen molar-refractivity contribution in [3.05, 3.63) is 9.71 Å². The predicted molar refractivity (Wildman–Crippen MR) is 50.9 cm³/mol. The van der Waals surface area contributed by atoms with Crippen LogP contribution in [-0.4, -0.2) is 17.9 Å². The standard InChI is InChI=1S/C5H5Cl5O/c6-1-3(2-7)11-5(10)4(8)9/h3H,1-2H2. The van der Waals surface area contributed by atoms with Crippen molar-refractivity contribution in [3.8, 4) is 0 Å². The molecular weight excluding hydrogens is 253 g/mol. The molecule has 6 heteroatoms. The SMILES string of the molecule is ClCC(CCl)OC(Cl)=C(Cl)Cl. The third-order valence-electron chi connectivity index (χ3n) is 0.763. The summed E-state index contributed by atoms with van der Waals surface area (Å²) in [5.41, 5.74) is 0. The number of rotatable bonds is 4. The first-order valence-electron chi connectivity index (χ1n) is 2.61. The second-order valence-electron chi connectivity index (χ2n) is 1.58. The van der Waals surface area contributed by atoms with Gasteiger partial charge in [-0.3, -0.25) is 0 Å². The van der Waals surface area contributed by atoms with Crippen LogP contribution in [0.25, 0.3) is 0 Å². The van der Waals surface area contributed by atoms with Crippen LogP contribution in [0.1, 0.15) is 0 Å². The lowest BCUT2D eigenvalue weighted by Gasteiger charge is -2.11. The molecule has 0 saturated heterocycles. The first-order valence-corrected chi connectivity index (χ1v) is 4.81. The van der Waals surface area contributed by atoms with Gasteiger partial charge in [0.1, 0.15) is 6.10 Å². The molecule has 0 radical (unpaired) electrons. The number of halogens is 5. The first-order chi connectivity index (χ1) is 5.11. The maximum atomic E-state index is 5.44. The van der Waals surface area contributed by atoms with E-state index in [9.17, 15) is 0 Å². The molecule has 0 atom stereocenters. The molecule has 66 valence electrons. The summed E-state index contributed by atoms with van der Waals surface area (Å²) in [5, 5.41) is -0.0837. The van der Waals surface area contributed by atoms with Crippen molar-refractivity contribution in [2.75, 3.05) is 11.8 Å². The van der Waals surface area contributed by atoms with Crippen molar-refractivity contribution >= 4 is 58.0 Å². The third kappa shape index (κ3) is 5.26. The van der Waals surface area contributed by atoms with E-state index in [1.165, 1.54) is 0 Å². The van der Waals surface area contributed by atoms with E-state index < -0.39 is 0 Å². The van der Waals surface area contributed by atoms with Crippen LogP contribution >= 0.6 is 58.0 Å². The smallest absolute Gasteiger partial charge is 0.218 e. The molecule has 0 N–H and O–H groups in total. The molecule has 1 nitrogen and oxygen atoms in total. The van der Waals surface area contributed by atoms with Gasteiger partial charge in [-0.05, 0) is 11.6 Å². The van der Waals surface area contributed by atoms with Gasteiger partial charge in [0, 0.05) is 0 Å². The van der Waals surface area contributed by atoms with Crippen LogP contribution in [0.15, 0.2) is 9.71 Å². The Hall–Kier alpha value is 0.990. The second-order valence-corrected chi connectivity index (χ2v) is 3.49.